The lowest BCUT2D eigenvalue weighted by atomic mass is 9.78. The molecule has 0 N–H and O–H groups in total. The summed E-state index contributed by atoms with van der Waals surface area (Å²) in [6.45, 7) is 24.3. The molecule has 0 aromatic heterocycles. The van der Waals surface area contributed by atoms with Crippen molar-refractivity contribution in [3.8, 4) is 33.4 Å². The minimum atomic E-state index is -0.300. The average molecular weight is 519 g/mol. The van der Waals surface area contributed by atoms with Gasteiger partial charge in [0.05, 0.1) is 12.7 Å². The average Bonchev–Trinajstić information content (AvgIpc) is 2.83. The third kappa shape index (κ3) is 4.82. The van der Waals surface area contributed by atoms with Gasteiger partial charge in [0.1, 0.15) is 0 Å². The van der Waals surface area contributed by atoms with Crippen molar-refractivity contribution in [1.82, 2.24) is 0 Å². The predicted octanol–water partition coefficient (Wildman–Crippen LogP) is 9.87. The molecule has 0 radical (unpaired) electrons. The van der Waals surface area contributed by atoms with Gasteiger partial charge in [-0.15, -0.1) is 0 Å². The fourth-order valence-corrected chi connectivity index (χ4v) is 7.08. The number of carbonyl (C=O) groups excluding carboxylic acids is 1. The van der Waals surface area contributed by atoms with Crippen LogP contribution in [-0.4, -0.2) is 13.1 Å². The van der Waals surface area contributed by atoms with Crippen molar-refractivity contribution in [3.05, 3.63) is 103 Å². The summed E-state index contributed by atoms with van der Waals surface area (Å²) < 4.78 is 5.00. The highest BCUT2D eigenvalue weighted by atomic mass is 16.5. The fraction of sp³-hybridized carbons (Fsp3) is 0.324. The summed E-state index contributed by atoms with van der Waals surface area (Å²) in [4.78, 5) is 12.3. The smallest absolute Gasteiger partial charge is 0.337 e. The van der Waals surface area contributed by atoms with E-state index in [-0.39, 0.29) is 5.97 Å². The Bertz CT molecular complexity index is 1600. The Balaban J connectivity index is 2.06. The number of benzene rings is 4. The van der Waals surface area contributed by atoms with Crippen LogP contribution in [0, 0.1) is 76.2 Å². The number of esters is 1. The largest absolute Gasteiger partial charge is 0.465 e. The van der Waals surface area contributed by atoms with Gasteiger partial charge in [-0.3, -0.25) is 0 Å². The van der Waals surface area contributed by atoms with Crippen molar-refractivity contribution in [2.75, 3.05) is 7.11 Å². The molecule has 0 amide bonds. The van der Waals surface area contributed by atoms with Crippen LogP contribution in [0.15, 0.2) is 36.4 Å². The number of aryl methyl sites for hydroxylation is 9. The summed E-state index contributed by atoms with van der Waals surface area (Å²) in [6, 6.07) is 13.2. The van der Waals surface area contributed by atoms with Crippen LogP contribution in [-0.2, 0) is 4.74 Å². The number of hydrogen-bond acceptors (Lipinski definition) is 2. The highest BCUT2D eigenvalue weighted by molar-refractivity contribution is 5.94. The third-order valence-electron chi connectivity index (χ3n) is 8.32. The SMILES string of the molecule is COC(=O)c1cc(C)c(-c2c(C)cc(C)c(-c3c(C)cc(C)c(-c4c(C)cc(C)cc4C)c3C)c2C)c(C)c1. The van der Waals surface area contributed by atoms with Crippen molar-refractivity contribution in [1.29, 1.82) is 0 Å². The van der Waals surface area contributed by atoms with Gasteiger partial charge >= 0.3 is 5.97 Å². The Hall–Kier alpha value is -3.65. The molecule has 4 rings (SSSR count). The van der Waals surface area contributed by atoms with E-state index >= 15 is 0 Å². The van der Waals surface area contributed by atoms with Crippen LogP contribution in [0.4, 0.5) is 0 Å². The van der Waals surface area contributed by atoms with E-state index < -0.39 is 0 Å². The van der Waals surface area contributed by atoms with Crippen LogP contribution in [0.25, 0.3) is 33.4 Å². The molecule has 4 aromatic carbocycles. The molecule has 0 aliphatic heterocycles. The second-order valence-corrected chi connectivity index (χ2v) is 11.5. The maximum Gasteiger partial charge on any atom is 0.337 e. The summed E-state index contributed by atoms with van der Waals surface area (Å²) in [5.74, 6) is -0.300. The predicted molar refractivity (Wildman–Crippen MR) is 166 cm³/mol. The van der Waals surface area contributed by atoms with Crippen molar-refractivity contribution < 1.29 is 9.53 Å². The van der Waals surface area contributed by atoms with Crippen LogP contribution >= 0.6 is 0 Å². The lowest BCUT2D eigenvalue weighted by molar-refractivity contribution is 0.0600. The topological polar surface area (TPSA) is 26.3 Å². The molecule has 0 unspecified atom stereocenters. The van der Waals surface area contributed by atoms with E-state index in [4.69, 9.17) is 4.74 Å². The monoisotopic (exact) mass is 518 g/mol. The summed E-state index contributed by atoms with van der Waals surface area (Å²) in [5, 5.41) is 0. The molecule has 2 nitrogen and oxygen atoms in total. The Labute approximate surface area is 235 Å². The number of carbonyl (C=O) groups is 1. The maximum atomic E-state index is 12.3. The standard InChI is InChI=1S/C37H42O2/c1-19-13-20(2)31(21(3)14-19)33-22(4)15-24(6)35(28(33)10)36-25(7)16-23(5)34(29(36)11)32-26(8)17-30(18-27(32)9)37(38)39-12/h13-18H,1-12H3. The first-order valence-corrected chi connectivity index (χ1v) is 13.8. The minimum Gasteiger partial charge on any atom is -0.465 e. The van der Waals surface area contributed by atoms with Gasteiger partial charge in [-0.1, -0.05) is 29.8 Å². The molecule has 0 fully saturated rings. The van der Waals surface area contributed by atoms with E-state index in [1.807, 2.05) is 12.1 Å². The molecular formula is C37H42O2. The number of hydrogen-bond donors (Lipinski definition) is 0. The Kier molecular flexibility index (Phi) is 7.63. The number of rotatable bonds is 4. The first-order valence-electron chi connectivity index (χ1n) is 13.8. The summed E-state index contributed by atoms with van der Waals surface area (Å²) in [5.41, 5.74) is 22.3. The summed E-state index contributed by atoms with van der Waals surface area (Å²) in [7, 11) is 1.43. The van der Waals surface area contributed by atoms with Gasteiger partial charge in [-0.2, -0.15) is 0 Å². The highest BCUT2D eigenvalue weighted by Crippen LogP contribution is 2.45. The van der Waals surface area contributed by atoms with Gasteiger partial charge in [-0.25, -0.2) is 4.79 Å². The second-order valence-electron chi connectivity index (χ2n) is 11.5. The van der Waals surface area contributed by atoms with E-state index in [9.17, 15) is 4.79 Å². The highest BCUT2D eigenvalue weighted by Gasteiger charge is 2.23. The van der Waals surface area contributed by atoms with E-state index in [2.05, 4.69) is 100 Å². The van der Waals surface area contributed by atoms with Crippen molar-refractivity contribution in [2.45, 2.75) is 76.2 Å². The minimum absolute atomic E-state index is 0.300. The molecule has 0 aliphatic carbocycles. The van der Waals surface area contributed by atoms with Crippen molar-refractivity contribution in [2.24, 2.45) is 0 Å². The van der Waals surface area contributed by atoms with E-state index in [1.165, 1.54) is 90.6 Å². The van der Waals surface area contributed by atoms with Crippen LogP contribution in [0.5, 0.6) is 0 Å². The number of ether oxygens (including phenoxy) is 1. The van der Waals surface area contributed by atoms with E-state index in [1.54, 1.807) is 0 Å². The zero-order chi connectivity index (χ0) is 28.9. The van der Waals surface area contributed by atoms with Crippen molar-refractivity contribution in [3.63, 3.8) is 0 Å². The zero-order valence-electron chi connectivity index (χ0n) is 25.8. The Morgan fingerprint density at radius 2 is 0.718 bits per heavy atom. The molecule has 0 aliphatic rings. The summed E-state index contributed by atoms with van der Waals surface area (Å²) >= 11 is 0. The lowest BCUT2D eigenvalue weighted by Gasteiger charge is -2.26. The van der Waals surface area contributed by atoms with Gasteiger partial charge in [-0.05, 0) is 177 Å². The molecule has 0 saturated carbocycles. The Morgan fingerprint density at radius 3 is 1.05 bits per heavy atom. The molecule has 0 heterocycles. The van der Waals surface area contributed by atoms with Crippen molar-refractivity contribution >= 4 is 5.97 Å². The molecule has 39 heavy (non-hydrogen) atoms. The van der Waals surface area contributed by atoms with Gasteiger partial charge in [0.25, 0.3) is 0 Å². The molecule has 0 spiro atoms. The van der Waals surface area contributed by atoms with Crippen LogP contribution in [0.1, 0.15) is 71.6 Å². The van der Waals surface area contributed by atoms with E-state index in [0.717, 1.165) is 11.1 Å². The molecule has 4 aromatic rings. The quantitative estimate of drug-likeness (QED) is 0.251. The van der Waals surface area contributed by atoms with Gasteiger partial charge in [0, 0.05) is 0 Å². The first-order chi connectivity index (χ1) is 18.3. The third-order valence-corrected chi connectivity index (χ3v) is 8.32. The van der Waals surface area contributed by atoms with Crippen LogP contribution in [0.2, 0.25) is 0 Å². The van der Waals surface area contributed by atoms with Crippen LogP contribution in [0.3, 0.4) is 0 Å². The van der Waals surface area contributed by atoms with Gasteiger partial charge in [0.15, 0.2) is 0 Å². The molecule has 0 atom stereocenters. The fourth-order valence-electron chi connectivity index (χ4n) is 7.08. The second kappa shape index (κ2) is 10.5. The molecule has 2 heteroatoms. The maximum absolute atomic E-state index is 12.3. The van der Waals surface area contributed by atoms with Gasteiger partial charge in [0.2, 0.25) is 0 Å². The Morgan fingerprint density at radius 1 is 0.436 bits per heavy atom. The summed E-state index contributed by atoms with van der Waals surface area (Å²) in [6.07, 6.45) is 0. The van der Waals surface area contributed by atoms with E-state index in [0.29, 0.717) is 5.56 Å². The zero-order valence-corrected chi connectivity index (χ0v) is 25.8. The normalized spacial score (nSPS) is 11.2. The first kappa shape index (κ1) is 28.4. The molecule has 202 valence electrons. The van der Waals surface area contributed by atoms with Gasteiger partial charge < -0.3 is 4.74 Å². The lowest BCUT2D eigenvalue weighted by Crippen LogP contribution is -2.06. The molecular weight excluding hydrogens is 476 g/mol. The number of methoxy groups -OCH3 is 1. The molecule has 0 saturated heterocycles. The molecule has 0 bridgehead atoms. The van der Waals surface area contributed by atoms with Crippen LogP contribution < -0.4 is 0 Å².